The molecule has 1 atom stereocenters. The largest absolute Gasteiger partial charge is 0.323 e. The first kappa shape index (κ1) is 11.1. The van der Waals surface area contributed by atoms with Gasteiger partial charge < -0.3 is 10.6 Å². The predicted molar refractivity (Wildman–Crippen MR) is 51.8 cm³/mol. The Morgan fingerprint density at radius 2 is 1.71 bits per heavy atom. The van der Waals surface area contributed by atoms with Gasteiger partial charge in [0, 0.05) is 18.7 Å². The lowest BCUT2D eigenvalue weighted by Gasteiger charge is -2.17. The Bertz CT molecular complexity index is 293. The highest BCUT2D eigenvalue weighted by Gasteiger charge is 2.09. The fraction of sp³-hybridized carbons (Fsp3) is 0.400. The van der Waals surface area contributed by atoms with E-state index in [0.717, 1.165) is 6.07 Å². The number of benzene rings is 1. The van der Waals surface area contributed by atoms with E-state index in [-0.39, 0.29) is 6.04 Å². The minimum absolute atomic E-state index is 0.366. The number of nitrogens with two attached hydrogens (primary N) is 1. The molecule has 0 radical (unpaired) electrons. The number of hydrogen-bond donors (Lipinski definition) is 1. The van der Waals surface area contributed by atoms with E-state index in [1.165, 1.54) is 12.1 Å². The molecule has 1 aromatic carbocycles. The van der Waals surface area contributed by atoms with Crippen molar-refractivity contribution in [1.29, 1.82) is 0 Å². The van der Waals surface area contributed by atoms with Crippen molar-refractivity contribution in [2.45, 2.75) is 6.04 Å². The van der Waals surface area contributed by atoms with E-state index in [1.54, 1.807) is 0 Å². The number of halogens is 2. The molecule has 0 aliphatic heterocycles. The van der Waals surface area contributed by atoms with Crippen LogP contribution in [0.1, 0.15) is 11.6 Å². The lowest BCUT2D eigenvalue weighted by Crippen LogP contribution is -2.26. The van der Waals surface area contributed by atoms with Crippen LogP contribution in [0.25, 0.3) is 0 Å². The molecule has 14 heavy (non-hydrogen) atoms. The van der Waals surface area contributed by atoms with Crippen LogP contribution in [-0.2, 0) is 0 Å². The Balaban J connectivity index is 2.84. The van der Waals surface area contributed by atoms with Crippen LogP contribution in [0.3, 0.4) is 0 Å². The first-order valence-corrected chi connectivity index (χ1v) is 4.35. The molecule has 0 heterocycles. The molecule has 0 saturated carbocycles. The summed E-state index contributed by atoms with van der Waals surface area (Å²) < 4.78 is 25.6. The SMILES string of the molecule is CN(C)CC(N)c1cc(F)cc(F)c1. The lowest BCUT2D eigenvalue weighted by atomic mass is 10.1. The molecule has 0 aliphatic carbocycles. The first-order chi connectivity index (χ1) is 6.49. The summed E-state index contributed by atoms with van der Waals surface area (Å²) >= 11 is 0. The molecule has 0 spiro atoms. The van der Waals surface area contributed by atoms with Crippen molar-refractivity contribution < 1.29 is 8.78 Å². The molecule has 4 heteroatoms. The maximum Gasteiger partial charge on any atom is 0.126 e. The third-order valence-corrected chi connectivity index (χ3v) is 1.87. The molecule has 0 fully saturated rings. The normalized spacial score (nSPS) is 13.3. The van der Waals surface area contributed by atoms with E-state index in [4.69, 9.17) is 5.73 Å². The molecule has 0 aliphatic rings. The van der Waals surface area contributed by atoms with Gasteiger partial charge in [-0.05, 0) is 31.8 Å². The van der Waals surface area contributed by atoms with Gasteiger partial charge in [-0.3, -0.25) is 0 Å². The van der Waals surface area contributed by atoms with Gasteiger partial charge in [-0.15, -0.1) is 0 Å². The molecule has 0 bridgehead atoms. The van der Waals surface area contributed by atoms with Gasteiger partial charge in [0.15, 0.2) is 0 Å². The van der Waals surface area contributed by atoms with Gasteiger partial charge in [0.1, 0.15) is 11.6 Å². The Hall–Kier alpha value is -1.00. The molecule has 1 rings (SSSR count). The number of likely N-dealkylation sites (N-methyl/N-ethyl adjacent to an activating group) is 1. The third kappa shape index (κ3) is 3.05. The van der Waals surface area contributed by atoms with Crippen LogP contribution >= 0.6 is 0 Å². The van der Waals surface area contributed by atoms with E-state index >= 15 is 0 Å². The highest BCUT2D eigenvalue weighted by molar-refractivity contribution is 5.21. The molecule has 0 amide bonds. The Labute approximate surface area is 82.3 Å². The van der Waals surface area contributed by atoms with Gasteiger partial charge >= 0.3 is 0 Å². The van der Waals surface area contributed by atoms with Crippen LogP contribution in [0.4, 0.5) is 8.78 Å². The summed E-state index contributed by atoms with van der Waals surface area (Å²) in [6.45, 7) is 0.558. The van der Waals surface area contributed by atoms with Crippen LogP contribution in [0.2, 0.25) is 0 Å². The molecule has 78 valence electrons. The topological polar surface area (TPSA) is 29.3 Å². The van der Waals surface area contributed by atoms with E-state index in [9.17, 15) is 8.78 Å². The fourth-order valence-electron chi connectivity index (χ4n) is 1.29. The zero-order valence-electron chi connectivity index (χ0n) is 8.30. The van der Waals surface area contributed by atoms with Gasteiger partial charge in [-0.1, -0.05) is 0 Å². The van der Waals surface area contributed by atoms with Gasteiger partial charge in [-0.25, -0.2) is 8.78 Å². The van der Waals surface area contributed by atoms with Crippen molar-refractivity contribution in [2.24, 2.45) is 5.73 Å². The maximum absolute atomic E-state index is 12.8. The van der Waals surface area contributed by atoms with E-state index in [2.05, 4.69) is 0 Å². The van der Waals surface area contributed by atoms with Gasteiger partial charge in [0.25, 0.3) is 0 Å². The monoisotopic (exact) mass is 200 g/mol. The predicted octanol–water partition coefficient (Wildman–Crippen LogP) is 1.53. The maximum atomic E-state index is 12.8. The van der Waals surface area contributed by atoms with E-state index in [0.29, 0.717) is 12.1 Å². The van der Waals surface area contributed by atoms with Gasteiger partial charge in [0.05, 0.1) is 0 Å². The fourth-order valence-corrected chi connectivity index (χ4v) is 1.29. The summed E-state index contributed by atoms with van der Waals surface area (Å²) in [5, 5.41) is 0. The molecule has 0 saturated heterocycles. The molecule has 2 N–H and O–H groups in total. The summed E-state index contributed by atoms with van der Waals surface area (Å²) in [4.78, 5) is 1.87. The smallest absolute Gasteiger partial charge is 0.126 e. The van der Waals surface area contributed by atoms with Crippen LogP contribution in [-0.4, -0.2) is 25.5 Å². The minimum atomic E-state index is -0.589. The van der Waals surface area contributed by atoms with E-state index in [1.807, 2.05) is 19.0 Å². The Morgan fingerprint density at radius 1 is 1.21 bits per heavy atom. The van der Waals surface area contributed by atoms with Crippen LogP contribution in [0, 0.1) is 11.6 Å². The Kier molecular flexibility index (Phi) is 3.55. The summed E-state index contributed by atoms with van der Waals surface area (Å²) in [5.41, 5.74) is 6.24. The number of rotatable bonds is 3. The lowest BCUT2D eigenvalue weighted by molar-refractivity contribution is 0.375. The highest BCUT2D eigenvalue weighted by Crippen LogP contribution is 2.14. The van der Waals surface area contributed by atoms with Crippen molar-refractivity contribution in [3.8, 4) is 0 Å². The molecular formula is C10H14F2N2. The number of hydrogen-bond acceptors (Lipinski definition) is 2. The first-order valence-electron chi connectivity index (χ1n) is 4.35. The van der Waals surface area contributed by atoms with Gasteiger partial charge in [0.2, 0.25) is 0 Å². The zero-order valence-corrected chi connectivity index (χ0v) is 8.30. The zero-order chi connectivity index (χ0) is 10.7. The quantitative estimate of drug-likeness (QED) is 0.801. The van der Waals surface area contributed by atoms with Crippen molar-refractivity contribution in [3.63, 3.8) is 0 Å². The summed E-state index contributed by atoms with van der Waals surface area (Å²) in [6, 6.07) is 3.00. The molecular weight excluding hydrogens is 186 g/mol. The van der Waals surface area contributed by atoms with Crippen molar-refractivity contribution >= 4 is 0 Å². The minimum Gasteiger partial charge on any atom is -0.323 e. The third-order valence-electron chi connectivity index (χ3n) is 1.87. The molecule has 1 aromatic rings. The van der Waals surface area contributed by atoms with Crippen molar-refractivity contribution in [2.75, 3.05) is 20.6 Å². The second-order valence-electron chi connectivity index (χ2n) is 3.57. The molecule has 0 aromatic heterocycles. The van der Waals surface area contributed by atoms with E-state index < -0.39 is 11.6 Å². The summed E-state index contributed by atoms with van der Waals surface area (Å²) in [7, 11) is 3.71. The van der Waals surface area contributed by atoms with Crippen LogP contribution in [0.5, 0.6) is 0 Å². The average Bonchev–Trinajstić information content (AvgIpc) is 2.00. The van der Waals surface area contributed by atoms with Crippen molar-refractivity contribution in [1.82, 2.24) is 4.90 Å². The van der Waals surface area contributed by atoms with Crippen LogP contribution < -0.4 is 5.73 Å². The molecule has 2 nitrogen and oxygen atoms in total. The van der Waals surface area contributed by atoms with Crippen molar-refractivity contribution in [3.05, 3.63) is 35.4 Å². The Morgan fingerprint density at radius 3 is 2.14 bits per heavy atom. The van der Waals surface area contributed by atoms with Gasteiger partial charge in [-0.2, -0.15) is 0 Å². The highest BCUT2D eigenvalue weighted by atomic mass is 19.1. The van der Waals surface area contributed by atoms with Crippen LogP contribution in [0.15, 0.2) is 18.2 Å². The standard InChI is InChI=1S/C10H14F2N2/c1-14(2)6-10(13)7-3-8(11)5-9(12)4-7/h3-5,10H,6,13H2,1-2H3. The summed E-state index contributed by atoms with van der Waals surface area (Å²) in [5.74, 6) is -1.18. The average molecular weight is 200 g/mol. The molecule has 1 unspecified atom stereocenters. The second-order valence-corrected chi connectivity index (χ2v) is 3.57. The second kappa shape index (κ2) is 4.48. The summed E-state index contributed by atoms with van der Waals surface area (Å²) in [6.07, 6.45) is 0. The number of nitrogens with zero attached hydrogens (tertiary/aromatic N) is 1.